The molecule has 0 aliphatic carbocycles. The highest BCUT2D eigenvalue weighted by Gasteiger charge is 2.30. The molecule has 2 aromatic rings. The van der Waals surface area contributed by atoms with Crippen molar-refractivity contribution >= 4 is 17.5 Å². The topological polar surface area (TPSA) is 38.8 Å². The fourth-order valence-electron chi connectivity index (χ4n) is 3.12. The van der Waals surface area contributed by atoms with E-state index >= 15 is 0 Å². The van der Waals surface area contributed by atoms with Crippen LogP contribution in [0.5, 0.6) is 5.75 Å². The Hall–Kier alpha value is -2.25. The van der Waals surface area contributed by atoms with E-state index in [1.54, 1.807) is 35.2 Å². The molecule has 2 aromatic carbocycles. The zero-order valence-corrected chi connectivity index (χ0v) is 16.4. The van der Waals surface area contributed by atoms with Crippen LogP contribution in [0.2, 0.25) is 5.02 Å². The molecule has 1 aliphatic rings. The molecular formula is C21H21ClF3NO3. The predicted octanol–water partition coefficient (Wildman–Crippen LogP) is 4.95. The molecule has 0 radical (unpaired) electrons. The highest BCUT2D eigenvalue weighted by atomic mass is 35.5. The van der Waals surface area contributed by atoms with Crippen molar-refractivity contribution in [1.82, 2.24) is 4.90 Å². The van der Waals surface area contributed by atoms with E-state index in [0.29, 0.717) is 29.4 Å². The predicted molar refractivity (Wildman–Crippen MR) is 103 cm³/mol. The van der Waals surface area contributed by atoms with Crippen LogP contribution in [0.15, 0.2) is 48.5 Å². The molecule has 1 heterocycles. The number of carbonyl (C=O) groups excluding carboxylic acids is 1. The number of ether oxygens (including phenoxy) is 2. The largest absolute Gasteiger partial charge is 0.484 e. The molecule has 0 aromatic heterocycles. The third kappa shape index (κ3) is 6.37. The van der Waals surface area contributed by atoms with Crippen molar-refractivity contribution < 1.29 is 27.4 Å². The minimum atomic E-state index is -4.38. The number of halogens is 4. The number of benzene rings is 2. The van der Waals surface area contributed by atoms with Gasteiger partial charge in [0.05, 0.1) is 18.3 Å². The summed E-state index contributed by atoms with van der Waals surface area (Å²) in [5.74, 6) is 0.393. The van der Waals surface area contributed by atoms with Gasteiger partial charge >= 0.3 is 6.18 Å². The van der Waals surface area contributed by atoms with Crippen molar-refractivity contribution in [2.75, 3.05) is 19.7 Å². The van der Waals surface area contributed by atoms with Gasteiger partial charge < -0.3 is 14.4 Å². The maximum atomic E-state index is 12.8. The molecule has 0 bridgehead atoms. The van der Waals surface area contributed by atoms with Gasteiger partial charge in [-0.1, -0.05) is 23.7 Å². The maximum absolute atomic E-state index is 12.8. The van der Waals surface area contributed by atoms with Gasteiger partial charge in [-0.2, -0.15) is 13.2 Å². The Balaban J connectivity index is 1.48. The normalized spacial score (nSPS) is 17.2. The Bertz CT molecular complexity index is 827. The lowest BCUT2D eigenvalue weighted by Crippen LogP contribution is -2.45. The van der Waals surface area contributed by atoms with Crippen molar-refractivity contribution in [2.45, 2.75) is 31.7 Å². The van der Waals surface area contributed by atoms with E-state index in [-0.39, 0.29) is 25.2 Å². The van der Waals surface area contributed by atoms with Gasteiger partial charge in [0, 0.05) is 18.1 Å². The lowest BCUT2D eigenvalue weighted by molar-refractivity contribution is -0.139. The molecule has 1 fully saturated rings. The Kier molecular flexibility index (Phi) is 7.03. The summed E-state index contributed by atoms with van der Waals surface area (Å²) in [5, 5.41) is 0.584. The molecule has 8 heteroatoms. The van der Waals surface area contributed by atoms with Gasteiger partial charge in [0.15, 0.2) is 6.61 Å². The van der Waals surface area contributed by atoms with E-state index in [9.17, 15) is 18.0 Å². The first-order valence-corrected chi connectivity index (χ1v) is 9.63. The third-order valence-corrected chi connectivity index (χ3v) is 4.90. The van der Waals surface area contributed by atoms with Crippen LogP contribution in [0.3, 0.4) is 0 Å². The number of amides is 1. The standard InChI is InChI=1S/C21H21ClF3NO3/c22-17-6-8-18(9-7-17)29-14-20(27)26-10-2-5-19(12-26)28-13-15-3-1-4-16(11-15)21(23,24)25/h1,3-4,6-9,11,19H,2,5,10,12-14H2. The average molecular weight is 428 g/mol. The number of hydrogen-bond acceptors (Lipinski definition) is 3. The fourth-order valence-corrected chi connectivity index (χ4v) is 3.25. The summed E-state index contributed by atoms with van der Waals surface area (Å²) in [6, 6.07) is 11.8. The van der Waals surface area contributed by atoms with E-state index in [4.69, 9.17) is 21.1 Å². The molecular weight excluding hydrogens is 407 g/mol. The first kappa shape index (κ1) is 21.5. The molecule has 1 atom stereocenters. The van der Waals surface area contributed by atoms with Crippen LogP contribution in [0.1, 0.15) is 24.0 Å². The number of hydrogen-bond donors (Lipinski definition) is 0. The van der Waals surface area contributed by atoms with Crippen LogP contribution in [0, 0.1) is 0 Å². The average Bonchev–Trinajstić information content (AvgIpc) is 2.71. The molecule has 1 amide bonds. The van der Waals surface area contributed by atoms with Crippen LogP contribution < -0.4 is 4.74 Å². The van der Waals surface area contributed by atoms with Crippen molar-refractivity contribution in [1.29, 1.82) is 0 Å². The van der Waals surface area contributed by atoms with Crippen molar-refractivity contribution in [3.8, 4) is 5.75 Å². The van der Waals surface area contributed by atoms with Crippen LogP contribution >= 0.6 is 11.6 Å². The molecule has 4 nitrogen and oxygen atoms in total. The van der Waals surface area contributed by atoms with Gasteiger partial charge in [-0.05, 0) is 54.8 Å². The second-order valence-corrected chi connectivity index (χ2v) is 7.29. The highest BCUT2D eigenvalue weighted by Crippen LogP contribution is 2.29. The van der Waals surface area contributed by atoms with Crippen LogP contribution in [0.25, 0.3) is 0 Å². The Labute approximate surface area is 172 Å². The summed E-state index contributed by atoms with van der Waals surface area (Å²) in [7, 11) is 0. The summed E-state index contributed by atoms with van der Waals surface area (Å²) in [4.78, 5) is 14.1. The second kappa shape index (κ2) is 9.50. The minimum absolute atomic E-state index is 0.0674. The molecule has 1 saturated heterocycles. The number of piperidine rings is 1. The molecule has 29 heavy (non-hydrogen) atoms. The number of rotatable bonds is 6. The molecule has 0 spiro atoms. The molecule has 0 N–H and O–H groups in total. The quantitative estimate of drug-likeness (QED) is 0.655. The first-order chi connectivity index (χ1) is 13.8. The van der Waals surface area contributed by atoms with Gasteiger partial charge in [0.25, 0.3) is 5.91 Å². The number of likely N-dealkylation sites (tertiary alicyclic amines) is 1. The van der Waals surface area contributed by atoms with E-state index in [1.807, 2.05) is 0 Å². The number of carbonyl (C=O) groups is 1. The van der Waals surface area contributed by atoms with E-state index in [0.717, 1.165) is 25.0 Å². The van der Waals surface area contributed by atoms with Gasteiger partial charge in [-0.3, -0.25) is 4.79 Å². The van der Waals surface area contributed by atoms with Crippen LogP contribution in [-0.2, 0) is 22.3 Å². The third-order valence-electron chi connectivity index (χ3n) is 4.65. The number of nitrogens with zero attached hydrogens (tertiary/aromatic N) is 1. The Morgan fingerprint density at radius 1 is 1.17 bits per heavy atom. The van der Waals surface area contributed by atoms with Crippen LogP contribution in [-0.4, -0.2) is 36.6 Å². The van der Waals surface area contributed by atoms with Gasteiger partial charge in [0.2, 0.25) is 0 Å². The second-order valence-electron chi connectivity index (χ2n) is 6.86. The van der Waals surface area contributed by atoms with Gasteiger partial charge in [-0.25, -0.2) is 0 Å². The summed E-state index contributed by atoms with van der Waals surface area (Å²) < 4.78 is 49.7. The van der Waals surface area contributed by atoms with Gasteiger partial charge in [0.1, 0.15) is 5.75 Å². The molecule has 3 rings (SSSR count). The monoisotopic (exact) mass is 427 g/mol. The smallest absolute Gasteiger partial charge is 0.416 e. The first-order valence-electron chi connectivity index (χ1n) is 9.25. The summed E-state index contributed by atoms with van der Waals surface area (Å²) in [6.07, 6.45) is -3.09. The lowest BCUT2D eigenvalue weighted by Gasteiger charge is -2.32. The zero-order chi connectivity index (χ0) is 20.9. The van der Waals surface area contributed by atoms with E-state index < -0.39 is 11.7 Å². The van der Waals surface area contributed by atoms with Gasteiger partial charge in [-0.15, -0.1) is 0 Å². The molecule has 0 saturated carbocycles. The summed E-state index contributed by atoms with van der Waals surface area (Å²) in [5.41, 5.74) is -0.243. The van der Waals surface area contributed by atoms with E-state index in [2.05, 4.69) is 0 Å². The molecule has 156 valence electrons. The Morgan fingerprint density at radius 2 is 1.93 bits per heavy atom. The molecule has 1 aliphatic heterocycles. The summed E-state index contributed by atoms with van der Waals surface area (Å²) >= 11 is 5.82. The lowest BCUT2D eigenvalue weighted by atomic mass is 10.1. The SMILES string of the molecule is O=C(COc1ccc(Cl)cc1)N1CCCC(OCc2cccc(C(F)(F)F)c2)C1. The minimum Gasteiger partial charge on any atom is -0.484 e. The van der Waals surface area contributed by atoms with Crippen molar-refractivity contribution in [2.24, 2.45) is 0 Å². The fraction of sp³-hybridized carbons (Fsp3) is 0.381. The van der Waals surface area contributed by atoms with Crippen molar-refractivity contribution in [3.63, 3.8) is 0 Å². The Morgan fingerprint density at radius 3 is 2.66 bits per heavy atom. The maximum Gasteiger partial charge on any atom is 0.416 e. The molecule has 1 unspecified atom stereocenters. The van der Waals surface area contributed by atoms with Crippen LogP contribution in [0.4, 0.5) is 13.2 Å². The zero-order valence-electron chi connectivity index (χ0n) is 15.6. The number of alkyl halides is 3. The van der Waals surface area contributed by atoms with E-state index in [1.165, 1.54) is 6.07 Å². The van der Waals surface area contributed by atoms with Crippen molar-refractivity contribution in [3.05, 3.63) is 64.7 Å². The summed E-state index contributed by atoms with van der Waals surface area (Å²) in [6.45, 7) is 0.966. The highest BCUT2D eigenvalue weighted by molar-refractivity contribution is 6.30.